The van der Waals surface area contributed by atoms with Crippen LogP contribution in [0.1, 0.15) is 49.7 Å². The van der Waals surface area contributed by atoms with Crippen LogP contribution in [0.3, 0.4) is 0 Å². The van der Waals surface area contributed by atoms with Crippen molar-refractivity contribution in [2.75, 3.05) is 14.2 Å². The van der Waals surface area contributed by atoms with E-state index in [1.807, 2.05) is 0 Å². The Morgan fingerprint density at radius 1 is 0.800 bits per heavy atom. The smallest absolute Gasteiger partial charge is 0.200 e. The lowest BCUT2D eigenvalue weighted by Gasteiger charge is -2.35. The molecule has 0 aromatic heterocycles. The molecule has 2 aromatic carbocycles. The van der Waals surface area contributed by atoms with Crippen LogP contribution in [-0.2, 0) is 4.79 Å². The van der Waals surface area contributed by atoms with Crippen molar-refractivity contribution in [1.82, 2.24) is 0 Å². The number of carbonyl (C=O) groups is 1. The molecule has 1 spiro atoms. The monoisotopic (exact) mass is 492 g/mol. The minimum Gasteiger partial charge on any atom is -0.502 e. The molecule has 0 heterocycles. The summed E-state index contributed by atoms with van der Waals surface area (Å²) in [5.41, 5.74) is -0.529. The van der Waals surface area contributed by atoms with Crippen molar-refractivity contribution < 1.29 is 42.0 Å². The quantitative estimate of drug-likeness (QED) is 0.401. The Hall–Kier alpha value is -3.49. The second kappa shape index (κ2) is 9.28. The van der Waals surface area contributed by atoms with Gasteiger partial charge in [0, 0.05) is 22.3 Å². The van der Waals surface area contributed by atoms with Crippen LogP contribution >= 0.6 is 0 Å². The molecule has 0 bridgehead atoms. The fourth-order valence-electron chi connectivity index (χ4n) is 5.13. The van der Waals surface area contributed by atoms with Crippen LogP contribution in [0.5, 0.6) is 23.0 Å². The summed E-state index contributed by atoms with van der Waals surface area (Å²) >= 11 is 0. The summed E-state index contributed by atoms with van der Waals surface area (Å²) < 4.78 is 67.6. The van der Waals surface area contributed by atoms with Crippen molar-refractivity contribution >= 4 is 17.9 Å². The summed E-state index contributed by atoms with van der Waals surface area (Å²) in [7, 11) is 2.16. The number of allylic oxidation sites excluding steroid dienone is 2. The molecule has 0 saturated heterocycles. The molecular weight excluding hydrogens is 468 g/mol. The van der Waals surface area contributed by atoms with Crippen molar-refractivity contribution in [3.8, 4) is 23.0 Å². The molecule has 4 rings (SSSR count). The van der Waals surface area contributed by atoms with Gasteiger partial charge in [-0.15, -0.1) is 0 Å². The van der Waals surface area contributed by atoms with Gasteiger partial charge in [0.25, 0.3) is 0 Å². The molecule has 0 amide bonds. The lowest BCUT2D eigenvalue weighted by Crippen LogP contribution is -2.28. The molecule has 186 valence electrons. The van der Waals surface area contributed by atoms with Crippen molar-refractivity contribution in [3.63, 3.8) is 0 Å². The first kappa shape index (κ1) is 24.6. The molecule has 2 N–H and O–H groups in total. The molecule has 0 atom stereocenters. The first-order valence-corrected chi connectivity index (χ1v) is 11.1. The second-order valence-corrected chi connectivity index (χ2v) is 9.02. The van der Waals surface area contributed by atoms with Gasteiger partial charge in [0.05, 0.1) is 14.2 Å². The minimum atomic E-state index is -1.11. The Bertz CT molecular complexity index is 1170. The van der Waals surface area contributed by atoms with E-state index in [1.165, 1.54) is 12.2 Å². The summed E-state index contributed by atoms with van der Waals surface area (Å²) in [6.07, 6.45) is 6.43. The number of ketones is 1. The molecular formula is C26H24F4O5. The highest BCUT2D eigenvalue weighted by atomic mass is 19.1. The van der Waals surface area contributed by atoms with Gasteiger partial charge in [-0.25, -0.2) is 17.6 Å². The molecule has 2 aliphatic carbocycles. The number of methoxy groups -OCH3 is 2. The highest BCUT2D eigenvalue weighted by Gasteiger charge is 2.42. The summed E-state index contributed by atoms with van der Waals surface area (Å²) in [5.74, 6) is -8.11. The van der Waals surface area contributed by atoms with E-state index in [2.05, 4.69) is 0 Å². The zero-order valence-electron chi connectivity index (χ0n) is 19.2. The fourth-order valence-corrected chi connectivity index (χ4v) is 5.13. The maximum Gasteiger partial charge on any atom is 0.200 e. The van der Waals surface area contributed by atoms with E-state index >= 15 is 0 Å². The van der Waals surface area contributed by atoms with Crippen molar-refractivity contribution in [3.05, 3.63) is 57.7 Å². The lowest BCUT2D eigenvalue weighted by molar-refractivity contribution is -0.113. The molecule has 35 heavy (non-hydrogen) atoms. The molecule has 9 heteroatoms. The first-order chi connectivity index (χ1) is 16.6. The summed E-state index contributed by atoms with van der Waals surface area (Å²) in [6, 6.07) is 1.54. The molecule has 0 radical (unpaired) electrons. The van der Waals surface area contributed by atoms with Gasteiger partial charge < -0.3 is 19.7 Å². The van der Waals surface area contributed by atoms with Gasteiger partial charge in [0.1, 0.15) is 0 Å². The van der Waals surface area contributed by atoms with E-state index < -0.39 is 52.1 Å². The Labute approximate surface area is 199 Å². The van der Waals surface area contributed by atoms with E-state index in [0.717, 1.165) is 52.0 Å². The summed E-state index contributed by atoms with van der Waals surface area (Å²) in [6.45, 7) is 0. The van der Waals surface area contributed by atoms with Crippen LogP contribution in [0.15, 0.2) is 23.3 Å². The van der Waals surface area contributed by atoms with Gasteiger partial charge in [-0.1, -0.05) is 12.8 Å². The number of rotatable bonds is 4. The van der Waals surface area contributed by atoms with Gasteiger partial charge in [-0.05, 0) is 55.4 Å². The third-order valence-electron chi connectivity index (χ3n) is 6.80. The predicted molar refractivity (Wildman–Crippen MR) is 120 cm³/mol. The SMILES string of the molecule is COc1c(O)c(F)cc(/C=C2\CC3(CCCC3)C/C(=C\c3cc(F)c(O)c(OC)c3F)C2=O)c1F. The molecule has 2 aliphatic rings. The molecule has 2 aromatic rings. The van der Waals surface area contributed by atoms with Gasteiger partial charge in [0.15, 0.2) is 52.1 Å². The number of halogens is 4. The second-order valence-electron chi connectivity index (χ2n) is 9.02. The van der Waals surface area contributed by atoms with Gasteiger partial charge in [-0.3, -0.25) is 4.79 Å². The molecule has 0 unspecified atom stereocenters. The van der Waals surface area contributed by atoms with E-state index in [-0.39, 0.29) is 27.7 Å². The van der Waals surface area contributed by atoms with Gasteiger partial charge in [0.2, 0.25) is 0 Å². The van der Waals surface area contributed by atoms with Crippen molar-refractivity contribution in [2.24, 2.45) is 5.41 Å². The molecule has 2 saturated carbocycles. The third-order valence-corrected chi connectivity index (χ3v) is 6.80. The third kappa shape index (κ3) is 4.35. The van der Waals surface area contributed by atoms with Crippen LogP contribution in [0.4, 0.5) is 17.6 Å². The first-order valence-electron chi connectivity index (χ1n) is 11.1. The highest BCUT2D eigenvalue weighted by Crippen LogP contribution is 2.52. The lowest BCUT2D eigenvalue weighted by atomic mass is 9.68. The van der Waals surface area contributed by atoms with E-state index in [1.54, 1.807) is 0 Å². The van der Waals surface area contributed by atoms with E-state index in [9.17, 15) is 32.6 Å². The van der Waals surface area contributed by atoms with Crippen molar-refractivity contribution in [2.45, 2.75) is 38.5 Å². The van der Waals surface area contributed by atoms with E-state index in [0.29, 0.717) is 12.8 Å². The largest absolute Gasteiger partial charge is 0.502 e. The highest BCUT2D eigenvalue weighted by molar-refractivity contribution is 6.14. The minimum absolute atomic E-state index is 0.182. The van der Waals surface area contributed by atoms with E-state index in [4.69, 9.17) is 9.47 Å². The molecule has 5 nitrogen and oxygen atoms in total. The Kier molecular flexibility index (Phi) is 6.53. The Morgan fingerprint density at radius 2 is 1.20 bits per heavy atom. The summed E-state index contributed by atoms with van der Waals surface area (Å²) in [4.78, 5) is 13.4. The summed E-state index contributed by atoms with van der Waals surface area (Å²) in [5, 5.41) is 19.4. The number of phenolic OH excluding ortho intramolecular Hbond substituents is 2. The topological polar surface area (TPSA) is 76.0 Å². The molecule has 2 fully saturated rings. The Morgan fingerprint density at radius 3 is 1.57 bits per heavy atom. The maximum absolute atomic E-state index is 14.9. The zero-order chi connectivity index (χ0) is 25.5. The van der Waals surface area contributed by atoms with Crippen LogP contribution in [-0.4, -0.2) is 30.2 Å². The maximum atomic E-state index is 14.9. The average molecular weight is 492 g/mol. The predicted octanol–water partition coefficient (Wildman–Crippen LogP) is 6.06. The zero-order valence-corrected chi connectivity index (χ0v) is 19.2. The number of carbonyl (C=O) groups excluding carboxylic acids is 1. The normalized spacial score (nSPS) is 19.7. The van der Waals surface area contributed by atoms with Crippen LogP contribution in [0.25, 0.3) is 12.2 Å². The number of aromatic hydroxyl groups is 2. The number of ether oxygens (including phenoxy) is 2. The number of hydrogen-bond donors (Lipinski definition) is 2. The number of hydrogen-bond acceptors (Lipinski definition) is 5. The van der Waals surface area contributed by atoms with Gasteiger partial charge >= 0.3 is 0 Å². The Balaban J connectivity index is 1.85. The molecule has 0 aliphatic heterocycles. The van der Waals surface area contributed by atoms with Crippen LogP contribution in [0.2, 0.25) is 0 Å². The fraction of sp³-hybridized carbons (Fsp3) is 0.346. The number of benzene rings is 2. The standard InChI is InChI=1S/C26H24F4O5/c1-34-24-19(29)13(9-17(27)22(24)32)7-15-11-26(5-3-4-6-26)12-16(21(15)31)8-14-10-18(28)23(33)25(35-2)20(14)30/h7-10,32-33H,3-6,11-12H2,1-2H3/b15-7+,16-8+. The van der Waals surface area contributed by atoms with Gasteiger partial charge in [-0.2, -0.15) is 0 Å². The van der Waals surface area contributed by atoms with Crippen LogP contribution in [0, 0.1) is 28.7 Å². The number of Topliss-reactive ketones (excluding diaryl/α,β-unsaturated/α-hetero) is 1. The van der Waals surface area contributed by atoms with Crippen molar-refractivity contribution in [1.29, 1.82) is 0 Å². The van der Waals surface area contributed by atoms with Crippen LogP contribution < -0.4 is 9.47 Å². The average Bonchev–Trinajstić information content (AvgIpc) is 3.27. The number of phenols is 2.